The van der Waals surface area contributed by atoms with Gasteiger partial charge in [0, 0.05) is 6.20 Å². The van der Waals surface area contributed by atoms with E-state index in [0.717, 1.165) is 6.20 Å². The van der Waals surface area contributed by atoms with Gasteiger partial charge in [0.15, 0.2) is 11.3 Å². The maximum absolute atomic E-state index is 13.0. The van der Waals surface area contributed by atoms with Crippen LogP contribution in [0.15, 0.2) is 16.7 Å². The van der Waals surface area contributed by atoms with Crippen LogP contribution < -0.4 is 5.73 Å². The van der Waals surface area contributed by atoms with Gasteiger partial charge in [0.05, 0.1) is 4.47 Å². The van der Waals surface area contributed by atoms with E-state index in [1.165, 1.54) is 10.5 Å². The monoisotopic (exact) mass is 273 g/mol. The van der Waals surface area contributed by atoms with E-state index >= 15 is 0 Å². The highest BCUT2D eigenvalue weighted by Crippen LogP contribution is 2.23. The number of hydrogen-bond acceptors (Lipinski definition) is 3. The van der Waals surface area contributed by atoms with Gasteiger partial charge in [-0.05, 0) is 22.0 Å². The summed E-state index contributed by atoms with van der Waals surface area (Å²) in [4.78, 5) is 14.5. The van der Waals surface area contributed by atoms with Gasteiger partial charge < -0.3 is 10.8 Å². The van der Waals surface area contributed by atoms with Crippen molar-refractivity contribution in [2.75, 3.05) is 5.73 Å². The molecule has 3 N–H and O–H groups in total. The lowest BCUT2D eigenvalue weighted by Crippen LogP contribution is -2.02. The molecule has 0 amide bonds. The van der Waals surface area contributed by atoms with Crippen molar-refractivity contribution in [3.63, 3.8) is 0 Å². The number of nitrogen functional groups attached to an aromatic ring is 1. The maximum atomic E-state index is 13.0. The molecule has 0 atom stereocenters. The Kier molecular flexibility index (Phi) is 2.11. The lowest BCUT2D eigenvalue weighted by molar-refractivity contribution is 0.0692. The van der Waals surface area contributed by atoms with Crippen molar-refractivity contribution in [1.29, 1.82) is 0 Å². The Hall–Kier alpha value is -1.63. The average molecular weight is 274 g/mol. The van der Waals surface area contributed by atoms with Crippen LogP contribution in [0.1, 0.15) is 10.5 Å². The van der Waals surface area contributed by atoms with Gasteiger partial charge in [-0.15, -0.1) is 0 Å². The van der Waals surface area contributed by atoms with Crippen molar-refractivity contribution in [3.05, 3.63) is 28.2 Å². The number of anilines is 1. The van der Waals surface area contributed by atoms with Crippen LogP contribution in [0.25, 0.3) is 5.65 Å². The number of carboxylic acid groups (broad SMARTS) is 1. The molecule has 0 aromatic carbocycles. The van der Waals surface area contributed by atoms with Gasteiger partial charge >= 0.3 is 5.97 Å². The Labute approximate surface area is 91.5 Å². The molecule has 2 aromatic rings. The zero-order valence-electron chi connectivity index (χ0n) is 7.24. The quantitative estimate of drug-likeness (QED) is 0.826. The minimum Gasteiger partial charge on any atom is -0.476 e. The van der Waals surface area contributed by atoms with Crippen LogP contribution in [0.5, 0.6) is 0 Å². The summed E-state index contributed by atoms with van der Waals surface area (Å²) in [6, 6.07) is 1.19. The molecule has 0 aliphatic rings. The van der Waals surface area contributed by atoms with Crippen LogP contribution >= 0.6 is 15.9 Å². The highest BCUT2D eigenvalue weighted by atomic mass is 79.9. The molecule has 0 radical (unpaired) electrons. The standard InChI is InChI=1S/C8H5BrFN3O2/c9-4-1-3(10)2-13-6(11)5(8(14)15)12-7(4)13/h1-2H,11H2,(H,14,15). The number of aromatic nitrogens is 2. The fourth-order valence-electron chi connectivity index (χ4n) is 1.25. The molecule has 0 saturated heterocycles. The van der Waals surface area contributed by atoms with E-state index in [2.05, 4.69) is 20.9 Å². The number of hydrogen-bond donors (Lipinski definition) is 2. The molecule has 78 valence electrons. The number of rotatable bonds is 1. The fraction of sp³-hybridized carbons (Fsp3) is 0. The van der Waals surface area contributed by atoms with Gasteiger partial charge in [0.2, 0.25) is 0 Å². The second-order valence-electron chi connectivity index (χ2n) is 2.85. The van der Waals surface area contributed by atoms with Gasteiger partial charge in [0.25, 0.3) is 0 Å². The zero-order chi connectivity index (χ0) is 11.2. The van der Waals surface area contributed by atoms with Crippen LogP contribution in [-0.4, -0.2) is 20.5 Å². The third-order valence-corrected chi connectivity index (χ3v) is 2.46. The Morgan fingerprint density at radius 2 is 2.33 bits per heavy atom. The molecule has 0 bridgehead atoms. The largest absolute Gasteiger partial charge is 0.476 e. The SMILES string of the molecule is Nc1c(C(=O)O)nc2c(Br)cc(F)cn12. The molecule has 5 nitrogen and oxygen atoms in total. The first-order chi connectivity index (χ1) is 7.00. The third kappa shape index (κ3) is 1.44. The number of nitrogens with two attached hydrogens (primary N) is 1. The molecule has 2 aromatic heterocycles. The van der Waals surface area contributed by atoms with E-state index in [9.17, 15) is 9.18 Å². The van der Waals surface area contributed by atoms with Gasteiger partial charge in [-0.25, -0.2) is 14.2 Å². The van der Waals surface area contributed by atoms with Crippen LogP contribution in [0.2, 0.25) is 0 Å². The summed E-state index contributed by atoms with van der Waals surface area (Å²) in [6.45, 7) is 0. The Morgan fingerprint density at radius 3 is 2.93 bits per heavy atom. The van der Waals surface area contributed by atoms with Gasteiger partial charge in [-0.3, -0.25) is 4.40 Å². The van der Waals surface area contributed by atoms with Crippen molar-refractivity contribution < 1.29 is 14.3 Å². The summed E-state index contributed by atoms with van der Waals surface area (Å²) in [5, 5.41) is 8.76. The summed E-state index contributed by atoms with van der Waals surface area (Å²) in [6.07, 6.45) is 1.08. The molecular formula is C8H5BrFN3O2. The first kappa shape index (κ1) is 9.91. The third-order valence-electron chi connectivity index (χ3n) is 1.88. The lowest BCUT2D eigenvalue weighted by atomic mass is 10.4. The molecule has 2 heterocycles. The molecule has 2 rings (SSSR count). The van der Waals surface area contributed by atoms with Crippen LogP contribution in [0.4, 0.5) is 10.2 Å². The second kappa shape index (κ2) is 3.20. The van der Waals surface area contributed by atoms with Gasteiger partial charge in [-0.2, -0.15) is 0 Å². The molecule has 0 aliphatic carbocycles. The first-order valence-electron chi connectivity index (χ1n) is 3.86. The van der Waals surface area contributed by atoms with E-state index in [-0.39, 0.29) is 17.2 Å². The predicted molar refractivity (Wildman–Crippen MR) is 54.2 cm³/mol. The topological polar surface area (TPSA) is 80.6 Å². The summed E-state index contributed by atoms with van der Waals surface area (Å²) < 4.78 is 14.5. The van der Waals surface area contributed by atoms with Crippen molar-refractivity contribution >= 4 is 33.4 Å². The molecule has 7 heteroatoms. The number of aromatic carboxylic acids is 1. The highest BCUT2D eigenvalue weighted by Gasteiger charge is 2.17. The van der Waals surface area contributed by atoms with Crippen LogP contribution in [0.3, 0.4) is 0 Å². The highest BCUT2D eigenvalue weighted by molar-refractivity contribution is 9.10. The van der Waals surface area contributed by atoms with Crippen molar-refractivity contribution in [2.45, 2.75) is 0 Å². The minimum atomic E-state index is -1.25. The van der Waals surface area contributed by atoms with Crippen LogP contribution in [0, 0.1) is 5.82 Å². The van der Waals surface area contributed by atoms with Gasteiger partial charge in [-0.1, -0.05) is 0 Å². The Morgan fingerprint density at radius 1 is 1.67 bits per heavy atom. The Bertz CT molecular complexity index is 567. The van der Waals surface area contributed by atoms with E-state index in [1.54, 1.807) is 0 Å². The van der Waals surface area contributed by atoms with Crippen molar-refractivity contribution in [3.8, 4) is 0 Å². The number of carbonyl (C=O) groups is 1. The lowest BCUT2D eigenvalue weighted by Gasteiger charge is -1.98. The number of halogens is 2. The second-order valence-corrected chi connectivity index (χ2v) is 3.71. The van der Waals surface area contributed by atoms with Crippen molar-refractivity contribution in [2.24, 2.45) is 0 Å². The average Bonchev–Trinajstić information content (AvgIpc) is 2.44. The molecular weight excluding hydrogens is 269 g/mol. The van der Waals surface area contributed by atoms with Crippen LogP contribution in [-0.2, 0) is 0 Å². The minimum absolute atomic E-state index is 0.0994. The fourth-order valence-corrected chi connectivity index (χ4v) is 1.75. The predicted octanol–water partition coefficient (Wildman–Crippen LogP) is 1.52. The van der Waals surface area contributed by atoms with Crippen molar-refractivity contribution in [1.82, 2.24) is 9.38 Å². The molecule has 15 heavy (non-hydrogen) atoms. The molecule has 0 spiro atoms. The molecule has 0 unspecified atom stereocenters. The summed E-state index contributed by atoms with van der Waals surface area (Å²) in [7, 11) is 0. The first-order valence-corrected chi connectivity index (χ1v) is 4.66. The zero-order valence-corrected chi connectivity index (χ0v) is 8.82. The maximum Gasteiger partial charge on any atom is 0.358 e. The number of fused-ring (bicyclic) bond motifs is 1. The van der Waals surface area contributed by atoms with Gasteiger partial charge in [0.1, 0.15) is 11.6 Å². The molecule has 0 saturated carbocycles. The Balaban J connectivity index is 2.88. The van der Waals surface area contributed by atoms with E-state index in [4.69, 9.17) is 10.8 Å². The summed E-state index contributed by atoms with van der Waals surface area (Å²) >= 11 is 3.07. The van der Waals surface area contributed by atoms with E-state index in [1.807, 2.05) is 0 Å². The van der Waals surface area contributed by atoms with E-state index in [0.29, 0.717) is 4.47 Å². The number of pyridine rings is 1. The molecule has 0 aliphatic heterocycles. The van der Waals surface area contributed by atoms with E-state index < -0.39 is 11.8 Å². The molecule has 0 fully saturated rings. The smallest absolute Gasteiger partial charge is 0.358 e. The number of nitrogens with zero attached hydrogens (tertiary/aromatic N) is 2. The summed E-state index contributed by atoms with van der Waals surface area (Å²) in [5.74, 6) is -1.88. The number of imidazole rings is 1. The normalized spacial score (nSPS) is 10.8. The summed E-state index contributed by atoms with van der Waals surface area (Å²) in [5.41, 5.74) is 5.49. The number of carboxylic acids is 1.